The third-order valence-electron chi connectivity index (χ3n) is 8.45. The highest BCUT2D eigenvalue weighted by molar-refractivity contribution is 5.08. The molecule has 3 aliphatic carbocycles. The number of hydrogen-bond acceptors (Lipinski definition) is 2. The molecule has 6 unspecified atom stereocenters. The fraction of sp³-hybridized carbons (Fsp3) is 0.917. The third kappa shape index (κ3) is 4.55. The van der Waals surface area contributed by atoms with Crippen molar-refractivity contribution in [1.82, 2.24) is 5.01 Å². The number of nitrogens with zero attached hydrogens (tertiary/aromatic N) is 1. The summed E-state index contributed by atoms with van der Waals surface area (Å²) in [5, 5.41) is 1.80. The van der Waals surface area contributed by atoms with Crippen molar-refractivity contribution in [3.8, 4) is 0 Å². The summed E-state index contributed by atoms with van der Waals surface area (Å²) in [5.74, 6) is 11.6. The molecule has 0 heterocycles. The van der Waals surface area contributed by atoms with E-state index in [2.05, 4.69) is 27.4 Å². The van der Waals surface area contributed by atoms with Crippen LogP contribution in [0, 0.1) is 40.9 Å². The fourth-order valence-electron chi connectivity index (χ4n) is 7.09. The van der Waals surface area contributed by atoms with Crippen LogP contribution in [0.4, 0.5) is 0 Å². The second-order valence-corrected chi connectivity index (χ2v) is 10.9. The maximum Gasteiger partial charge on any atom is 0.0335 e. The van der Waals surface area contributed by atoms with E-state index in [0.717, 1.165) is 36.1 Å². The van der Waals surface area contributed by atoms with Crippen LogP contribution in [-0.2, 0) is 0 Å². The maximum absolute atomic E-state index is 5.94. The smallest absolute Gasteiger partial charge is 0.0335 e. The molecule has 3 saturated carbocycles. The Bertz CT molecular complexity index is 481. The Morgan fingerprint density at radius 3 is 2.42 bits per heavy atom. The zero-order valence-corrected chi connectivity index (χ0v) is 18.0. The number of hydrogen-bond donors (Lipinski definition) is 1. The molecule has 0 aromatic carbocycles. The lowest BCUT2D eigenvalue weighted by molar-refractivity contribution is 0.0243. The van der Waals surface area contributed by atoms with Crippen molar-refractivity contribution in [3.63, 3.8) is 0 Å². The molecule has 0 saturated heterocycles. The lowest BCUT2D eigenvalue weighted by atomic mass is 9.58. The van der Waals surface area contributed by atoms with E-state index in [1.165, 1.54) is 69.8 Å². The van der Waals surface area contributed by atoms with E-state index in [9.17, 15) is 0 Å². The molecule has 0 aromatic heterocycles. The van der Waals surface area contributed by atoms with E-state index in [-0.39, 0.29) is 0 Å². The Labute approximate surface area is 162 Å². The summed E-state index contributed by atoms with van der Waals surface area (Å²) in [6, 6.07) is 0. The average Bonchev–Trinajstić information content (AvgIpc) is 2.61. The summed E-state index contributed by atoms with van der Waals surface area (Å²) in [5.41, 5.74) is 1.71. The molecular formula is C24H44N2. The number of rotatable bonds is 3. The molecule has 2 nitrogen and oxygen atoms in total. The van der Waals surface area contributed by atoms with Gasteiger partial charge in [-0.3, -0.25) is 5.84 Å². The van der Waals surface area contributed by atoms with Gasteiger partial charge in [0, 0.05) is 13.6 Å². The monoisotopic (exact) mass is 360 g/mol. The predicted octanol–water partition coefficient (Wildman–Crippen LogP) is 6.03. The first-order valence-electron chi connectivity index (χ1n) is 11.4. The van der Waals surface area contributed by atoms with E-state index in [1.807, 2.05) is 7.05 Å². The molecule has 0 amide bonds. The van der Waals surface area contributed by atoms with Gasteiger partial charge in [0.15, 0.2) is 0 Å². The number of likely N-dealkylation sites (N-methyl/N-ethyl adjacent to an activating group) is 1. The quantitative estimate of drug-likeness (QED) is 0.378. The molecule has 150 valence electrons. The van der Waals surface area contributed by atoms with Gasteiger partial charge in [-0.15, -0.1) is 0 Å². The Kier molecular flexibility index (Phi) is 6.55. The summed E-state index contributed by atoms with van der Waals surface area (Å²) < 4.78 is 0. The van der Waals surface area contributed by atoms with Gasteiger partial charge in [-0.1, -0.05) is 52.2 Å². The number of fused-ring (bicyclic) bond motifs is 3. The molecule has 2 heteroatoms. The first-order valence-corrected chi connectivity index (χ1v) is 11.4. The summed E-state index contributed by atoms with van der Waals surface area (Å²) in [7, 11) is 1.96. The summed E-state index contributed by atoms with van der Waals surface area (Å²) in [6.45, 7) is 12.8. The highest BCUT2D eigenvalue weighted by Crippen LogP contribution is 2.53. The molecule has 6 atom stereocenters. The third-order valence-corrected chi connectivity index (χ3v) is 8.45. The lowest BCUT2D eigenvalue weighted by Crippen LogP contribution is -2.39. The Morgan fingerprint density at radius 1 is 1.00 bits per heavy atom. The Morgan fingerprint density at radius 2 is 1.69 bits per heavy atom. The van der Waals surface area contributed by atoms with Crippen molar-refractivity contribution < 1.29 is 0 Å². The number of hydrazine groups is 1. The zero-order chi connectivity index (χ0) is 18.9. The predicted molar refractivity (Wildman–Crippen MR) is 113 cm³/mol. The second-order valence-electron chi connectivity index (χ2n) is 10.9. The molecule has 0 aromatic rings. The standard InChI is InChI=1S/C24H44N2/c1-17-9-12-21-20(15-17)11-10-19-7-6-8-23(18(2)16-26(5)25)24(3,4)14-13-22(19)21/h17,19-23H,2,6-16,25H2,1,3-5H3. The summed E-state index contributed by atoms with van der Waals surface area (Å²) in [4.78, 5) is 0. The fourth-order valence-corrected chi connectivity index (χ4v) is 7.09. The van der Waals surface area contributed by atoms with Gasteiger partial charge in [-0.2, -0.15) is 0 Å². The highest BCUT2D eigenvalue weighted by Gasteiger charge is 2.43. The van der Waals surface area contributed by atoms with Gasteiger partial charge in [-0.05, 0) is 85.9 Å². The Balaban J connectivity index is 1.73. The van der Waals surface area contributed by atoms with Crippen molar-refractivity contribution in [2.24, 2.45) is 46.8 Å². The van der Waals surface area contributed by atoms with Crippen LogP contribution in [-0.4, -0.2) is 18.6 Å². The van der Waals surface area contributed by atoms with Crippen molar-refractivity contribution >= 4 is 0 Å². The van der Waals surface area contributed by atoms with Crippen molar-refractivity contribution in [1.29, 1.82) is 0 Å². The normalized spacial score (nSPS) is 40.7. The van der Waals surface area contributed by atoms with Gasteiger partial charge >= 0.3 is 0 Å². The molecule has 2 N–H and O–H groups in total. The molecule has 0 radical (unpaired) electrons. The molecule has 3 fully saturated rings. The first-order chi connectivity index (χ1) is 12.3. The van der Waals surface area contributed by atoms with Crippen molar-refractivity contribution in [3.05, 3.63) is 12.2 Å². The molecule has 3 rings (SSSR count). The first kappa shape index (κ1) is 20.4. The van der Waals surface area contributed by atoms with Crippen LogP contribution in [0.3, 0.4) is 0 Å². The van der Waals surface area contributed by atoms with Crippen LogP contribution in [0.15, 0.2) is 12.2 Å². The minimum Gasteiger partial charge on any atom is -0.269 e. The van der Waals surface area contributed by atoms with Crippen LogP contribution in [0.25, 0.3) is 0 Å². The SMILES string of the molecule is C=C(CN(C)N)C1CCCC2CCC3CC(C)CCC3C2CCC1(C)C. The Hall–Kier alpha value is -0.340. The average molecular weight is 361 g/mol. The van der Waals surface area contributed by atoms with Gasteiger partial charge in [-0.25, -0.2) is 5.01 Å². The van der Waals surface area contributed by atoms with Gasteiger partial charge < -0.3 is 0 Å². The molecule has 0 spiro atoms. The van der Waals surface area contributed by atoms with E-state index < -0.39 is 0 Å². The topological polar surface area (TPSA) is 29.3 Å². The zero-order valence-electron chi connectivity index (χ0n) is 18.0. The minimum absolute atomic E-state index is 0.358. The molecular weight excluding hydrogens is 316 g/mol. The second kappa shape index (κ2) is 8.35. The molecule has 3 aliphatic rings. The van der Waals surface area contributed by atoms with E-state index in [1.54, 1.807) is 5.01 Å². The van der Waals surface area contributed by atoms with Crippen LogP contribution < -0.4 is 5.84 Å². The lowest BCUT2D eigenvalue weighted by Gasteiger charge is -2.48. The molecule has 0 bridgehead atoms. The van der Waals surface area contributed by atoms with Crippen LogP contribution in [0.1, 0.15) is 85.0 Å². The molecule has 26 heavy (non-hydrogen) atoms. The van der Waals surface area contributed by atoms with Crippen molar-refractivity contribution in [2.75, 3.05) is 13.6 Å². The van der Waals surface area contributed by atoms with Gasteiger partial charge in [0.2, 0.25) is 0 Å². The van der Waals surface area contributed by atoms with Crippen molar-refractivity contribution in [2.45, 2.75) is 85.0 Å². The molecule has 0 aliphatic heterocycles. The van der Waals surface area contributed by atoms with E-state index in [4.69, 9.17) is 5.84 Å². The number of nitrogens with two attached hydrogens (primary N) is 1. The van der Waals surface area contributed by atoms with Gasteiger partial charge in [0.1, 0.15) is 0 Å². The van der Waals surface area contributed by atoms with Crippen LogP contribution in [0.5, 0.6) is 0 Å². The summed E-state index contributed by atoms with van der Waals surface area (Å²) >= 11 is 0. The largest absolute Gasteiger partial charge is 0.269 e. The van der Waals surface area contributed by atoms with Gasteiger partial charge in [0.25, 0.3) is 0 Å². The van der Waals surface area contributed by atoms with Crippen LogP contribution in [0.2, 0.25) is 0 Å². The highest BCUT2D eigenvalue weighted by atomic mass is 15.4. The van der Waals surface area contributed by atoms with E-state index >= 15 is 0 Å². The van der Waals surface area contributed by atoms with Gasteiger partial charge in [0.05, 0.1) is 0 Å². The minimum atomic E-state index is 0.358. The van der Waals surface area contributed by atoms with E-state index in [0.29, 0.717) is 11.3 Å². The maximum atomic E-state index is 5.94. The summed E-state index contributed by atoms with van der Waals surface area (Å²) in [6.07, 6.45) is 14.5. The van der Waals surface area contributed by atoms with Crippen LogP contribution >= 0.6 is 0 Å².